The summed E-state index contributed by atoms with van der Waals surface area (Å²) < 4.78 is 0. The summed E-state index contributed by atoms with van der Waals surface area (Å²) in [4.78, 5) is 2.65. The number of piperazine rings is 1. The molecule has 1 heterocycles. The average molecular weight is 246 g/mol. The molecule has 0 saturated carbocycles. The van der Waals surface area contributed by atoms with Crippen LogP contribution in [-0.2, 0) is 0 Å². The van der Waals surface area contributed by atoms with Gasteiger partial charge in [0, 0.05) is 32.2 Å². The fourth-order valence-electron chi connectivity index (χ4n) is 3.03. The van der Waals surface area contributed by atoms with Crippen molar-refractivity contribution in [2.45, 2.75) is 39.7 Å². The van der Waals surface area contributed by atoms with Gasteiger partial charge in [-0.3, -0.25) is 4.90 Å². The standard InChI is InChI=1S/C16H26N2/c1-4-5-16(18-8-6-17-7-9-18)15-11-13(2)10-14(3)12-15/h10-12,16-17H,4-9H2,1-3H3/t16-/m0/s1. The summed E-state index contributed by atoms with van der Waals surface area (Å²) in [5.41, 5.74) is 4.29. The van der Waals surface area contributed by atoms with Gasteiger partial charge in [0.1, 0.15) is 0 Å². The van der Waals surface area contributed by atoms with Gasteiger partial charge in [0.25, 0.3) is 0 Å². The van der Waals surface area contributed by atoms with Gasteiger partial charge in [-0.1, -0.05) is 42.7 Å². The lowest BCUT2D eigenvalue weighted by Gasteiger charge is -2.35. The highest BCUT2D eigenvalue weighted by molar-refractivity contribution is 5.30. The molecule has 0 bridgehead atoms. The van der Waals surface area contributed by atoms with E-state index in [0.29, 0.717) is 6.04 Å². The number of hydrogen-bond donors (Lipinski definition) is 1. The molecule has 1 saturated heterocycles. The molecule has 0 spiro atoms. The van der Waals surface area contributed by atoms with Crippen LogP contribution in [0.25, 0.3) is 0 Å². The molecule has 100 valence electrons. The van der Waals surface area contributed by atoms with E-state index in [0.717, 1.165) is 13.1 Å². The Kier molecular flexibility index (Phi) is 4.79. The van der Waals surface area contributed by atoms with Crippen molar-refractivity contribution in [3.8, 4) is 0 Å². The lowest BCUT2D eigenvalue weighted by molar-refractivity contribution is 0.164. The van der Waals surface area contributed by atoms with E-state index < -0.39 is 0 Å². The second-order valence-corrected chi connectivity index (χ2v) is 5.51. The van der Waals surface area contributed by atoms with Crippen LogP contribution in [-0.4, -0.2) is 31.1 Å². The lowest BCUT2D eigenvalue weighted by Crippen LogP contribution is -2.45. The Labute approximate surface area is 111 Å². The second-order valence-electron chi connectivity index (χ2n) is 5.51. The van der Waals surface area contributed by atoms with Gasteiger partial charge in [0.15, 0.2) is 0 Å². The zero-order valence-electron chi connectivity index (χ0n) is 12.0. The van der Waals surface area contributed by atoms with E-state index in [-0.39, 0.29) is 0 Å². The summed E-state index contributed by atoms with van der Waals surface area (Å²) in [6.07, 6.45) is 2.52. The topological polar surface area (TPSA) is 15.3 Å². The Hall–Kier alpha value is -0.860. The van der Waals surface area contributed by atoms with E-state index in [1.807, 2.05) is 0 Å². The third kappa shape index (κ3) is 3.33. The predicted molar refractivity (Wildman–Crippen MR) is 78.0 cm³/mol. The molecule has 0 amide bonds. The molecule has 2 nitrogen and oxygen atoms in total. The van der Waals surface area contributed by atoms with Crippen molar-refractivity contribution in [1.82, 2.24) is 10.2 Å². The highest BCUT2D eigenvalue weighted by Crippen LogP contribution is 2.27. The normalized spacial score (nSPS) is 18.8. The zero-order valence-corrected chi connectivity index (χ0v) is 12.0. The van der Waals surface area contributed by atoms with Crippen molar-refractivity contribution in [1.29, 1.82) is 0 Å². The van der Waals surface area contributed by atoms with Gasteiger partial charge >= 0.3 is 0 Å². The number of aryl methyl sites for hydroxylation is 2. The SMILES string of the molecule is CCC[C@@H](c1cc(C)cc(C)c1)N1CCNCC1. The maximum Gasteiger partial charge on any atom is 0.0349 e. The molecule has 0 aliphatic carbocycles. The third-order valence-electron chi connectivity index (χ3n) is 3.78. The maximum absolute atomic E-state index is 3.44. The molecule has 0 aromatic heterocycles. The monoisotopic (exact) mass is 246 g/mol. The van der Waals surface area contributed by atoms with Gasteiger partial charge in [0.2, 0.25) is 0 Å². The number of nitrogens with one attached hydrogen (secondary N) is 1. The third-order valence-corrected chi connectivity index (χ3v) is 3.78. The minimum absolute atomic E-state index is 0.607. The molecule has 1 aromatic rings. The van der Waals surface area contributed by atoms with E-state index in [2.05, 4.69) is 49.2 Å². The summed E-state index contributed by atoms with van der Waals surface area (Å²) >= 11 is 0. The summed E-state index contributed by atoms with van der Waals surface area (Å²) in [6, 6.07) is 7.62. The number of benzene rings is 1. The largest absolute Gasteiger partial charge is 0.314 e. The molecule has 1 N–H and O–H groups in total. The predicted octanol–water partition coefficient (Wildman–Crippen LogP) is 3.05. The molecule has 1 atom stereocenters. The molecule has 1 aliphatic heterocycles. The number of hydrogen-bond acceptors (Lipinski definition) is 2. The highest BCUT2D eigenvalue weighted by atomic mass is 15.2. The first-order valence-corrected chi connectivity index (χ1v) is 7.23. The van der Waals surface area contributed by atoms with E-state index in [1.165, 1.54) is 42.6 Å². The summed E-state index contributed by atoms with van der Waals surface area (Å²) in [6.45, 7) is 11.3. The van der Waals surface area contributed by atoms with Crippen LogP contribution >= 0.6 is 0 Å². The Bertz CT molecular complexity index is 360. The molecule has 18 heavy (non-hydrogen) atoms. The molecular formula is C16H26N2. The maximum atomic E-state index is 3.44. The molecular weight excluding hydrogens is 220 g/mol. The van der Waals surface area contributed by atoms with Crippen LogP contribution in [0.2, 0.25) is 0 Å². The van der Waals surface area contributed by atoms with E-state index in [4.69, 9.17) is 0 Å². The van der Waals surface area contributed by atoms with Gasteiger partial charge in [-0.25, -0.2) is 0 Å². The molecule has 2 heteroatoms. The van der Waals surface area contributed by atoms with Crippen molar-refractivity contribution in [2.24, 2.45) is 0 Å². The Morgan fingerprint density at radius 2 is 1.72 bits per heavy atom. The average Bonchev–Trinajstić information content (AvgIpc) is 2.36. The summed E-state index contributed by atoms with van der Waals surface area (Å²) in [5.74, 6) is 0. The quantitative estimate of drug-likeness (QED) is 0.878. The molecule has 1 aromatic carbocycles. The Balaban J connectivity index is 2.22. The van der Waals surface area contributed by atoms with Crippen LogP contribution in [0.4, 0.5) is 0 Å². The van der Waals surface area contributed by atoms with E-state index in [9.17, 15) is 0 Å². The van der Waals surface area contributed by atoms with Gasteiger partial charge in [-0.05, 0) is 25.8 Å². The van der Waals surface area contributed by atoms with Crippen molar-refractivity contribution in [3.63, 3.8) is 0 Å². The van der Waals surface area contributed by atoms with E-state index >= 15 is 0 Å². The van der Waals surface area contributed by atoms with Crippen molar-refractivity contribution >= 4 is 0 Å². The van der Waals surface area contributed by atoms with Crippen molar-refractivity contribution in [2.75, 3.05) is 26.2 Å². The van der Waals surface area contributed by atoms with Crippen LogP contribution in [0.15, 0.2) is 18.2 Å². The fraction of sp³-hybridized carbons (Fsp3) is 0.625. The number of nitrogens with zero attached hydrogens (tertiary/aromatic N) is 1. The Morgan fingerprint density at radius 1 is 1.11 bits per heavy atom. The first-order valence-electron chi connectivity index (χ1n) is 7.23. The van der Waals surface area contributed by atoms with Gasteiger partial charge in [0.05, 0.1) is 0 Å². The van der Waals surface area contributed by atoms with Crippen LogP contribution in [0.1, 0.15) is 42.5 Å². The smallest absolute Gasteiger partial charge is 0.0349 e. The van der Waals surface area contributed by atoms with Gasteiger partial charge in [-0.15, -0.1) is 0 Å². The van der Waals surface area contributed by atoms with Gasteiger partial charge in [-0.2, -0.15) is 0 Å². The highest BCUT2D eigenvalue weighted by Gasteiger charge is 2.21. The second kappa shape index (κ2) is 6.35. The van der Waals surface area contributed by atoms with Gasteiger partial charge < -0.3 is 5.32 Å². The molecule has 2 rings (SSSR count). The van der Waals surface area contributed by atoms with Crippen LogP contribution in [0.5, 0.6) is 0 Å². The first kappa shape index (κ1) is 13.6. The van der Waals surface area contributed by atoms with Crippen LogP contribution in [0.3, 0.4) is 0 Å². The van der Waals surface area contributed by atoms with Crippen molar-refractivity contribution < 1.29 is 0 Å². The van der Waals surface area contributed by atoms with Crippen molar-refractivity contribution in [3.05, 3.63) is 34.9 Å². The van der Waals surface area contributed by atoms with E-state index in [1.54, 1.807) is 0 Å². The molecule has 1 aliphatic rings. The fourth-order valence-corrected chi connectivity index (χ4v) is 3.03. The molecule has 1 fully saturated rings. The van der Waals surface area contributed by atoms with Crippen LogP contribution < -0.4 is 5.32 Å². The first-order chi connectivity index (χ1) is 8.70. The van der Waals surface area contributed by atoms with Crippen LogP contribution in [0, 0.1) is 13.8 Å². The zero-order chi connectivity index (χ0) is 13.0. The minimum atomic E-state index is 0.607. The number of rotatable bonds is 4. The lowest BCUT2D eigenvalue weighted by atomic mass is 9.96. The summed E-state index contributed by atoms with van der Waals surface area (Å²) in [5, 5.41) is 3.44. The molecule has 0 radical (unpaired) electrons. The summed E-state index contributed by atoms with van der Waals surface area (Å²) in [7, 11) is 0. The minimum Gasteiger partial charge on any atom is -0.314 e. The Morgan fingerprint density at radius 3 is 2.28 bits per heavy atom. The molecule has 0 unspecified atom stereocenters.